The molecule has 2 atom stereocenters. The zero-order chi connectivity index (χ0) is 19.5. The average molecular weight is 360 g/mol. The summed E-state index contributed by atoms with van der Waals surface area (Å²) in [6.45, 7) is 10.9. The van der Waals surface area contributed by atoms with Gasteiger partial charge in [0.15, 0.2) is 0 Å². The van der Waals surface area contributed by atoms with E-state index in [4.69, 9.17) is 0 Å². The predicted molar refractivity (Wildman–Crippen MR) is 105 cm³/mol. The van der Waals surface area contributed by atoms with E-state index in [-0.39, 0.29) is 13.2 Å². The van der Waals surface area contributed by atoms with Gasteiger partial charge in [0.05, 0.1) is 0 Å². The van der Waals surface area contributed by atoms with Crippen molar-refractivity contribution in [2.24, 2.45) is 11.8 Å². The van der Waals surface area contributed by atoms with Gasteiger partial charge in [0.1, 0.15) is 11.6 Å². The van der Waals surface area contributed by atoms with Crippen LogP contribution in [0.15, 0.2) is 48.1 Å². The molecule has 0 saturated carbocycles. The first-order valence-corrected chi connectivity index (χ1v) is 8.88. The molecular weight excluding hydrogens is 331 g/mol. The van der Waals surface area contributed by atoms with Crippen LogP contribution >= 0.6 is 0 Å². The molecule has 0 bridgehead atoms. The molecule has 26 heavy (non-hydrogen) atoms. The summed E-state index contributed by atoms with van der Waals surface area (Å²) in [5.41, 5.74) is 1.33. The SMILES string of the molecule is C=C(/C=C(\C)C(C)(C)F)[C@H]1CNC(=O)[C@@H]1C(=O)Nc1ccccc1CC.[HH]. The van der Waals surface area contributed by atoms with Crippen LogP contribution in [0, 0.1) is 11.8 Å². The van der Waals surface area contributed by atoms with Crippen molar-refractivity contribution in [1.82, 2.24) is 5.32 Å². The lowest BCUT2D eigenvalue weighted by atomic mass is 9.86. The zero-order valence-electron chi connectivity index (χ0n) is 15.9. The molecule has 5 heteroatoms. The van der Waals surface area contributed by atoms with Gasteiger partial charge in [0, 0.05) is 19.6 Å². The van der Waals surface area contributed by atoms with E-state index in [0.29, 0.717) is 23.4 Å². The number of hydrogen-bond donors (Lipinski definition) is 2. The van der Waals surface area contributed by atoms with Crippen molar-refractivity contribution < 1.29 is 15.4 Å². The molecule has 0 unspecified atom stereocenters. The van der Waals surface area contributed by atoms with Crippen LogP contribution in [0.2, 0.25) is 0 Å². The fraction of sp³-hybridized carbons (Fsp3) is 0.429. The Hall–Kier alpha value is -2.43. The van der Waals surface area contributed by atoms with Gasteiger partial charge in [0.25, 0.3) is 0 Å². The van der Waals surface area contributed by atoms with Gasteiger partial charge in [-0.1, -0.05) is 37.8 Å². The Morgan fingerprint density at radius 2 is 2.12 bits per heavy atom. The standard InChI is InChI=1S/C21H27FN2O2.H2/c1-6-15-9-7-8-10-17(15)24-20(26)18-16(12-23-19(18)25)13(2)11-14(3)21(4,5)22;/h7-11,16,18H,2,6,12H2,1,3-5H3,(H,23,25)(H,24,26);1H/b14-11+;/t16-,18-;/m1./s1. The minimum absolute atomic E-state index is 0. The van der Waals surface area contributed by atoms with Crippen molar-refractivity contribution >= 4 is 17.5 Å². The van der Waals surface area contributed by atoms with Gasteiger partial charge in [-0.15, -0.1) is 0 Å². The van der Waals surface area contributed by atoms with E-state index in [1.807, 2.05) is 31.2 Å². The number of halogens is 1. The van der Waals surface area contributed by atoms with Gasteiger partial charge in [-0.3, -0.25) is 9.59 Å². The quantitative estimate of drug-likeness (QED) is 0.594. The third-order valence-corrected chi connectivity index (χ3v) is 4.94. The maximum atomic E-state index is 14.1. The van der Waals surface area contributed by atoms with Crippen LogP contribution in [0.1, 0.15) is 34.7 Å². The number of para-hydroxylation sites is 1. The van der Waals surface area contributed by atoms with Crippen molar-refractivity contribution in [3.05, 3.63) is 53.6 Å². The van der Waals surface area contributed by atoms with E-state index in [0.717, 1.165) is 12.0 Å². The Morgan fingerprint density at radius 3 is 2.73 bits per heavy atom. The van der Waals surface area contributed by atoms with Crippen LogP contribution in [-0.2, 0) is 16.0 Å². The minimum atomic E-state index is -1.48. The molecule has 2 rings (SSSR count). The lowest BCUT2D eigenvalue weighted by Gasteiger charge is -2.20. The maximum Gasteiger partial charge on any atom is 0.237 e. The van der Waals surface area contributed by atoms with E-state index < -0.39 is 17.5 Å². The first-order valence-electron chi connectivity index (χ1n) is 8.88. The van der Waals surface area contributed by atoms with E-state index in [9.17, 15) is 14.0 Å². The highest BCUT2D eigenvalue weighted by Gasteiger charge is 2.41. The highest BCUT2D eigenvalue weighted by molar-refractivity contribution is 6.08. The topological polar surface area (TPSA) is 58.2 Å². The lowest BCUT2D eigenvalue weighted by Crippen LogP contribution is -2.33. The van der Waals surface area contributed by atoms with E-state index >= 15 is 0 Å². The van der Waals surface area contributed by atoms with Crippen LogP contribution in [0.3, 0.4) is 0 Å². The average Bonchev–Trinajstić information content (AvgIpc) is 2.96. The second kappa shape index (κ2) is 7.85. The van der Waals surface area contributed by atoms with Gasteiger partial charge in [-0.2, -0.15) is 0 Å². The van der Waals surface area contributed by atoms with Crippen LogP contribution in [0.4, 0.5) is 10.1 Å². The van der Waals surface area contributed by atoms with E-state index in [2.05, 4.69) is 17.2 Å². The second-order valence-electron chi connectivity index (χ2n) is 7.20. The van der Waals surface area contributed by atoms with Crippen molar-refractivity contribution in [1.29, 1.82) is 0 Å². The Balaban J connectivity index is 0.00000364. The Kier molecular flexibility index (Phi) is 6.01. The molecule has 2 amide bonds. The summed E-state index contributed by atoms with van der Waals surface area (Å²) in [4.78, 5) is 25.0. The molecule has 1 aromatic carbocycles. The van der Waals surface area contributed by atoms with Gasteiger partial charge in [-0.05, 0) is 50.0 Å². The number of nitrogens with one attached hydrogen (secondary N) is 2. The second-order valence-corrected chi connectivity index (χ2v) is 7.20. The molecule has 1 aliphatic heterocycles. The molecule has 2 N–H and O–H groups in total. The smallest absolute Gasteiger partial charge is 0.237 e. The molecule has 1 saturated heterocycles. The molecule has 142 valence electrons. The van der Waals surface area contributed by atoms with Crippen molar-refractivity contribution in [3.8, 4) is 0 Å². The number of anilines is 1. The van der Waals surface area contributed by atoms with Crippen molar-refractivity contribution in [2.75, 3.05) is 11.9 Å². The number of hydrogen-bond acceptors (Lipinski definition) is 2. The molecular formula is C21H29FN2O2. The van der Waals surface area contributed by atoms with Gasteiger partial charge in [0.2, 0.25) is 11.8 Å². The Labute approximate surface area is 156 Å². The molecule has 4 nitrogen and oxygen atoms in total. The van der Waals surface area contributed by atoms with Crippen molar-refractivity contribution in [2.45, 2.75) is 39.8 Å². The normalized spacial score (nSPS) is 20.7. The predicted octanol–water partition coefficient (Wildman–Crippen LogP) is 4.05. The lowest BCUT2D eigenvalue weighted by molar-refractivity contribution is -0.130. The summed E-state index contributed by atoms with van der Waals surface area (Å²) in [6.07, 6.45) is 2.42. The molecule has 0 radical (unpaired) electrons. The first-order chi connectivity index (χ1) is 12.1. The number of carbonyl (C=O) groups excluding carboxylic acids is 2. The summed E-state index contributed by atoms with van der Waals surface area (Å²) >= 11 is 0. The molecule has 0 aliphatic carbocycles. The van der Waals surface area contributed by atoms with Crippen LogP contribution < -0.4 is 10.6 Å². The Morgan fingerprint density at radius 1 is 1.46 bits per heavy atom. The van der Waals surface area contributed by atoms with Gasteiger partial charge >= 0.3 is 0 Å². The van der Waals surface area contributed by atoms with Crippen LogP contribution in [-0.4, -0.2) is 24.0 Å². The summed E-state index contributed by atoms with van der Waals surface area (Å²) < 4.78 is 14.1. The van der Waals surface area contributed by atoms with Gasteiger partial charge in [-0.25, -0.2) is 4.39 Å². The zero-order valence-corrected chi connectivity index (χ0v) is 15.9. The van der Waals surface area contributed by atoms with E-state index in [1.165, 1.54) is 13.8 Å². The third kappa shape index (κ3) is 4.40. The highest BCUT2D eigenvalue weighted by atomic mass is 19.1. The first kappa shape index (κ1) is 19.9. The molecule has 0 spiro atoms. The largest absolute Gasteiger partial charge is 0.355 e. The van der Waals surface area contributed by atoms with E-state index in [1.54, 1.807) is 13.0 Å². The molecule has 1 fully saturated rings. The minimum Gasteiger partial charge on any atom is -0.355 e. The maximum absolute atomic E-state index is 14.1. The monoisotopic (exact) mass is 360 g/mol. The van der Waals surface area contributed by atoms with Gasteiger partial charge < -0.3 is 10.6 Å². The summed E-state index contributed by atoms with van der Waals surface area (Å²) in [5.74, 6) is -1.96. The summed E-state index contributed by atoms with van der Waals surface area (Å²) in [6, 6.07) is 7.52. The summed E-state index contributed by atoms with van der Waals surface area (Å²) in [5, 5.41) is 5.59. The van der Waals surface area contributed by atoms with Crippen molar-refractivity contribution in [3.63, 3.8) is 0 Å². The fourth-order valence-corrected chi connectivity index (χ4v) is 2.99. The molecule has 0 aromatic heterocycles. The molecule has 1 heterocycles. The number of carbonyl (C=O) groups is 2. The Bertz CT molecular complexity index is 753. The fourth-order valence-electron chi connectivity index (χ4n) is 2.99. The highest BCUT2D eigenvalue weighted by Crippen LogP contribution is 2.30. The molecule has 1 aliphatic rings. The van der Waals surface area contributed by atoms with Crippen LogP contribution in [0.5, 0.6) is 0 Å². The summed E-state index contributed by atoms with van der Waals surface area (Å²) in [7, 11) is 0. The number of benzene rings is 1. The number of rotatable bonds is 6. The number of alkyl halides is 1. The molecule has 1 aromatic rings. The number of allylic oxidation sites excluding steroid dienone is 2. The number of aryl methyl sites for hydroxylation is 1. The number of amides is 2. The third-order valence-electron chi connectivity index (χ3n) is 4.94. The van der Waals surface area contributed by atoms with Crippen LogP contribution in [0.25, 0.3) is 0 Å².